The average molecular weight is 282 g/mol. The molecule has 21 heavy (non-hydrogen) atoms. The Labute approximate surface area is 124 Å². The summed E-state index contributed by atoms with van der Waals surface area (Å²) in [6, 6.07) is 11.3. The van der Waals surface area contributed by atoms with Gasteiger partial charge in [-0.05, 0) is 24.6 Å². The minimum absolute atomic E-state index is 0.217. The monoisotopic (exact) mass is 282 g/mol. The Bertz CT molecular complexity index is 661. The Morgan fingerprint density at radius 1 is 1.33 bits per heavy atom. The fraction of sp³-hybridized carbons (Fsp3) is 0.267. The second-order valence-electron chi connectivity index (χ2n) is 4.62. The fourth-order valence-electron chi connectivity index (χ4n) is 1.88. The Morgan fingerprint density at radius 3 is 2.86 bits per heavy atom. The molecule has 0 saturated carbocycles. The number of nitrogens with zero attached hydrogens (tertiary/aromatic N) is 4. The van der Waals surface area contributed by atoms with Crippen LogP contribution >= 0.6 is 0 Å². The largest absolute Gasteiger partial charge is 0.370 e. The van der Waals surface area contributed by atoms with Crippen molar-refractivity contribution >= 4 is 23.3 Å². The molecule has 1 aromatic carbocycles. The molecule has 108 valence electrons. The second kappa shape index (κ2) is 6.57. The number of nitrogen functional groups attached to an aromatic ring is 1. The van der Waals surface area contributed by atoms with Gasteiger partial charge in [-0.3, -0.25) is 0 Å². The number of nitriles is 1. The van der Waals surface area contributed by atoms with Crippen LogP contribution in [0.5, 0.6) is 0 Å². The Balaban J connectivity index is 2.31. The summed E-state index contributed by atoms with van der Waals surface area (Å²) in [5.74, 6) is 1.59. The van der Waals surface area contributed by atoms with Crippen molar-refractivity contribution in [1.29, 1.82) is 5.26 Å². The van der Waals surface area contributed by atoms with Crippen LogP contribution in [0.25, 0.3) is 0 Å². The van der Waals surface area contributed by atoms with E-state index in [4.69, 9.17) is 11.0 Å². The Kier molecular flexibility index (Phi) is 4.57. The van der Waals surface area contributed by atoms with Crippen molar-refractivity contribution in [2.24, 2.45) is 0 Å². The van der Waals surface area contributed by atoms with Gasteiger partial charge in [0.25, 0.3) is 0 Å². The highest BCUT2D eigenvalue weighted by atomic mass is 15.2. The lowest BCUT2D eigenvalue weighted by atomic mass is 10.2. The third kappa shape index (κ3) is 3.60. The molecule has 0 atom stereocenters. The maximum Gasteiger partial charge on any atom is 0.223 e. The van der Waals surface area contributed by atoms with E-state index in [0.29, 0.717) is 17.2 Å². The molecule has 0 spiro atoms. The number of hydrogen-bond acceptors (Lipinski definition) is 6. The zero-order chi connectivity index (χ0) is 15.2. The number of aromatic nitrogens is 2. The van der Waals surface area contributed by atoms with E-state index >= 15 is 0 Å². The number of rotatable bonds is 5. The van der Waals surface area contributed by atoms with Gasteiger partial charge in [-0.15, -0.1) is 0 Å². The SMILES string of the molecule is CCCNc1cc(N(C)c2cccc(C#N)c2)nc(N)n1. The summed E-state index contributed by atoms with van der Waals surface area (Å²) >= 11 is 0. The van der Waals surface area contributed by atoms with Gasteiger partial charge in [0.2, 0.25) is 5.95 Å². The van der Waals surface area contributed by atoms with E-state index in [1.807, 2.05) is 30.1 Å². The molecule has 6 heteroatoms. The molecule has 1 heterocycles. The molecule has 0 aliphatic rings. The summed E-state index contributed by atoms with van der Waals surface area (Å²) in [6.07, 6.45) is 0.999. The second-order valence-corrected chi connectivity index (χ2v) is 4.62. The van der Waals surface area contributed by atoms with Crippen LogP contribution in [-0.4, -0.2) is 23.6 Å². The smallest absolute Gasteiger partial charge is 0.223 e. The molecular formula is C15H18N6. The molecular weight excluding hydrogens is 264 g/mol. The predicted molar refractivity (Wildman–Crippen MR) is 84.4 cm³/mol. The molecule has 0 radical (unpaired) electrons. The van der Waals surface area contributed by atoms with E-state index in [9.17, 15) is 0 Å². The minimum Gasteiger partial charge on any atom is -0.370 e. The van der Waals surface area contributed by atoms with Crippen LogP contribution in [0.4, 0.5) is 23.3 Å². The van der Waals surface area contributed by atoms with Crippen molar-refractivity contribution in [3.63, 3.8) is 0 Å². The highest BCUT2D eigenvalue weighted by Gasteiger charge is 2.09. The molecule has 1 aromatic heterocycles. The van der Waals surface area contributed by atoms with E-state index in [0.717, 1.165) is 18.7 Å². The van der Waals surface area contributed by atoms with Crippen molar-refractivity contribution in [2.75, 3.05) is 29.5 Å². The molecule has 2 aromatic rings. The highest BCUT2D eigenvalue weighted by molar-refractivity contribution is 5.64. The molecule has 0 bridgehead atoms. The zero-order valence-corrected chi connectivity index (χ0v) is 12.2. The van der Waals surface area contributed by atoms with Crippen LogP contribution in [0.15, 0.2) is 30.3 Å². The first-order valence-electron chi connectivity index (χ1n) is 6.76. The molecule has 0 aliphatic carbocycles. The van der Waals surface area contributed by atoms with Gasteiger partial charge >= 0.3 is 0 Å². The summed E-state index contributed by atoms with van der Waals surface area (Å²) in [6.45, 7) is 2.90. The van der Waals surface area contributed by atoms with Crippen molar-refractivity contribution in [3.05, 3.63) is 35.9 Å². The number of nitrogens with one attached hydrogen (secondary N) is 1. The average Bonchev–Trinajstić information content (AvgIpc) is 2.51. The first-order chi connectivity index (χ1) is 10.1. The van der Waals surface area contributed by atoms with Crippen molar-refractivity contribution in [3.8, 4) is 6.07 Å². The number of hydrogen-bond donors (Lipinski definition) is 2. The lowest BCUT2D eigenvalue weighted by Gasteiger charge is -2.19. The molecule has 3 N–H and O–H groups in total. The molecule has 0 aliphatic heterocycles. The van der Waals surface area contributed by atoms with Gasteiger partial charge in [-0.2, -0.15) is 15.2 Å². The van der Waals surface area contributed by atoms with Gasteiger partial charge in [0, 0.05) is 25.3 Å². The van der Waals surface area contributed by atoms with E-state index in [2.05, 4.69) is 28.3 Å². The minimum atomic E-state index is 0.217. The van der Waals surface area contributed by atoms with Crippen LogP contribution in [0.1, 0.15) is 18.9 Å². The number of benzene rings is 1. The molecule has 0 fully saturated rings. The van der Waals surface area contributed by atoms with Gasteiger partial charge in [-0.1, -0.05) is 13.0 Å². The Morgan fingerprint density at radius 2 is 2.14 bits per heavy atom. The van der Waals surface area contributed by atoms with E-state index < -0.39 is 0 Å². The quantitative estimate of drug-likeness (QED) is 0.875. The summed E-state index contributed by atoms with van der Waals surface area (Å²) < 4.78 is 0. The maximum atomic E-state index is 8.98. The predicted octanol–water partition coefficient (Wildman–Crippen LogP) is 2.52. The third-order valence-corrected chi connectivity index (χ3v) is 2.99. The lowest BCUT2D eigenvalue weighted by molar-refractivity contribution is 0.964. The number of nitrogens with two attached hydrogens (primary N) is 1. The molecule has 0 unspecified atom stereocenters. The fourth-order valence-corrected chi connectivity index (χ4v) is 1.88. The van der Waals surface area contributed by atoms with Crippen LogP contribution in [0, 0.1) is 11.3 Å². The van der Waals surface area contributed by atoms with Crippen LogP contribution in [-0.2, 0) is 0 Å². The third-order valence-electron chi connectivity index (χ3n) is 2.99. The molecule has 0 saturated heterocycles. The van der Waals surface area contributed by atoms with Gasteiger partial charge < -0.3 is 16.0 Å². The summed E-state index contributed by atoms with van der Waals surface area (Å²) in [5, 5.41) is 12.2. The summed E-state index contributed by atoms with van der Waals surface area (Å²) in [4.78, 5) is 10.3. The van der Waals surface area contributed by atoms with E-state index in [1.165, 1.54) is 0 Å². The number of anilines is 4. The first-order valence-corrected chi connectivity index (χ1v) is 6.76. The maximum absolute atomic E-state index is 8.98. The van der Waals surface area contributed by atoms with Gasteiger partial charge in [0.1, 0.15) is 11.6 Å². The van der Waals surface area contributed by atoms with Crippen molar-refractivity contribution < 1.29 is 0 Å². The lowest BCUT2D eigenvalue weighted by Crippen LogP contribution is -2.14. The zero-order valence-electron chi connectivity index (χ0n) is 12.2. The van der Waals surface area contributed by atoms with E-state index in [1.54, 1.807) is 12.1 Å². The topological polar surface area (TPSA) is 90.9 Å². The van der Waals surface area contributed by atoms with Crippen LogP contribution < -0.4 is 16.0 Å². The van der Waals surface area contributed by atoms with E-state index in [-0.39, 0.29) is 5.95 Å². The van der Waals surface area contributed by atoms with Gasteiger partial charge in [-0.25, -0.2) is 0 Å². The first kappa shape index (κ1) is 14.6. The summed E-state index contributed by atoms with van der Waals surface area (Å²) in [7, 11) is 1.88. The van der Waals surface area contributed by atoms with Crippen LogP contribution in [0.3, 0.4) is 0 Å². The van der Waals surface area contributed by atoms with Gasteiger partial charge in [0.15, 0.2) is 0 Å². The Hall–Kier alpha value is -2.81. The molecule has 2 rings (SSSR count). The standard InChI is InChI=1S/C15H18N6/c1-3-7-18-13-9-14(20-15(17)19-13)21(2)12-6-4-5-11(8-12)10-16/h4-6,8-9H,3,7H2,1-2H3,(H3,17,18,19,20). The molecule has 6 nitrogen and oxygen atoms in total. The van der Waals surface area contributed by atoms with Crippen LogP contribution in [0.2, 0.25) is 0 Å². The van der Waals surface area contributed by atoms with Gasteiger partial charge in [0.05, 0.1) is 11.6 Å². The normalized spacial score (nSPS) is 9.95. The van der Waals surface area contributed by atoms with Crippen molar-refractivity contribution in [2.45, 2.75) is 13.3 Å². The molecule has 0 amide bonds. The highest BCUT2D eigenvalue weighted by Crippen LogP contribution is 2.24. The van der Waals surface area contributed by atoms with Crippen molar-refractivity contribution in [1.82, 2.24) is 9.97 Å². The summed E-state index contributed by atoms with van der Waals surface area (Å²) in [5.41, 5.74) is 7.23.